The van der Waals surface area contributed by atoms with Crippen LogP contribution in [0.25, 0.3) is 0 Å². The molecule has 0 saturated heterocycles. The minimum absolute atomic E-state index is 0. The van der Waals surface area contributed by atoms with Crippen molar-refractivity contribution >= 4 is 104 Å². The molecule has 0 saturated carbocycles. The van der Waals surface area contributed by atoms with Crippen LogP contribution >= 0.6 is 61.9 Å². The van der Waals surface area contributed by atoms with E-state index in [1.165, 1.54) is 54.2 Å². The van der Waals surface area contributed by atoms with Crippen LogP contribution in [-0.2, 0) is 20.1 Å². The maximum Gasteiger partial charge on any atom is 0.247 e. The van der Waals surface area contributed by atoms with Gasteiger partial charge in [-0.25, -0.2) is 0 Å². The molecule has 0 aromatic heterocycles. The molecule has 8 aromatic rings. The molecule has 1 radical (unpaired) electrons. The summed E-state index contributed by atoms with van der Waals surface area (Å²) in [4.78, 5) is 0. The van der Waals surface area contributed by atoms with Crippen LogP contribution in [0.1, 0.15) is 0 Å². The summed E-state index contributed by atoms with van der Waals surface area (Å²) in [6.07, 6.45) is 0. The van der Waals surface area contributed by atoms with E-state index in [-0.39, 0.29) is 20.1 Å². The SMILES string of the molecule is P=[P+]1P=P1.[Ir].c1ccc(P(CP(c2ccccc2)c2ccccc2)c2ccccc2)cc1.c1ccc(P(CP(c2ccccc2)c2ccccc2)c2ccccc2)cc1. The molecule has 59 heavy (non-hydrogen) atoms. The Kier molecular flexibility index (Phi) is 19.7. The first kappa shape index (κ1) is 45.8. The normalized spacial score (nSPS) is 12.4. The van der Waals surface area contributed by atoms with Crippen LogP contribution in [-0.4, -0.2) is 11.8 Å². The summed E-state index contributed by atoms with van der Waals surface area (Å²) in [6, 6.07) is 88.3. The van der Waals surface area contributed by atoms with Crippen LogP contribution in [0.4, 0.5) is 0 Å². The standard InChI is InChI=1S/2C25H22P2.Ir.HP4/c2*1-5-13-22(14-6-1)26(23-15-7-2-8-16-23)21-27(24-17-9-3-10-18-24)25-19-11-4-12-20-25;;1-4-2-3-4/h2*1-20H,21H2;;1H/q;;;+1. The van der Waals surface area contributed by atoms with Crippen molar-refractivity contribution < 1.29 is 20.1 Å². The van der Waals surface area contributed by atoms with Crippen LogP contribution in [0.15, 0.2) is 243 Å². The second-order valence-electron chi connectivity index (χ2n) is 13.1. The molecule has 293 valence electrons. The van der Waals surface area contributed by atoms with Crippen molar-refractivity contribution in [2.75, 3.05) is 11.8 Å². The van der Waals surface area contributed by atoms with E-state index in [2.05, 4.69) is 251 Å². The molecule has 0 fully saturated rings. The second-order valence-corrected chi connectivity index (χ2v) is 35.1. The Morgan fingerprint density at radius 3 is 0.492 bits per heavy atom. The third kappa shape index (κ3) is 14.5. The predicted octanol–water partition coefficient (Wildman–Crippen LogP) is 13.6. The van der Waals surface area contributed by atoms with E-state index in [9.17, 15) is 0 Å². The smallest absolute Gasteiger partial charge is 0.0622 e. The predicted molar refractivity (Wildman–Crippen MR) is 275 cm³/mol. The van der Waals surface area contributed by atoms with Crippen molar-refractivity contribution in [2.45, 2.75) is 0 Å². The average molecular weight is 1090 g/mol. The zero-order valence-corrected chi connectivity index (χ0v) is 42.1. The molecular formula is C50H45IrP8+. The fourth-order valence-electron chi connectivity index (χ4n) is 6.42. The number of hydrogen-bond acceptors (Lipinski definition) is 0. The Hall–Kier alpha value is -2.67. The minimum Gasteiger partial charge on any atom is -0.0622 e. The molecule has 1 aliphatic heterocycles. The van der Waals surface area contributed by atoms with Crippen LogP contribution < -0.4 is 42.4 Å². The van der Waals surface area contributed by atoms with E-state index in [1.807, 2.05) is 0 Å². The summed E-state index contributed by atoms with van der Waals surface area (Å²) in [5.74, 6) is 2.35. The van der Waals surface area contributed by atoms with Crippen molar-refractivity contribution in [1.82, 2.24) is 0 Å². The zero-order valence-electron chi connectivity index (χ0n) is 32.5. The Balaban J connectivity index is 0.000000178. The molecule has 0 spiro atoms. The maximum absolute atomic E-state index is 3.46. The number of hydrogen-bond donors (Lipinski definition) is 0. The molecule has 0 N–H and O–H groups in total. The van der Waals surface area contributed by atoms with Gasteiger partial charge in [-0.3, -0.25) is 0 Å². The van der Waals surface area contributed by atoms with Gasteiger partial charge in [0.2, 0.25) is 21.7 Å². The van der Waals surface area contributed by atoms with Crippen molar-refractivity contribution in [3.63, 3.8) is 0 Å². The van der Waals surface area contributed by atoms with Gasteiger partial charge in [-0.1, -0.05) is 243 Å². The molecule has 0 bridgehead atoms. The first-order chi connectivity index (χ1) is 28.7. The van der Waals surface area contributed by atoms with E-state index >= 15 is 0 Å². The topological polar surface area (TPSA) is 0 Å². The molecule has 9 heteroatoms. The van der Waals surface area contributed by atoms with E-state index in [4.69, 9.17) is 0 Å². The van der Waals surface area contributed by atoms with Gasteiger partial charge in [0, 0.05) is 31.9 Å². The fourth-order valence-corrected chi connectivity index (χ4v) is 24.2. The molecule has 1 heterocycles. The molecule has 9 rings (SSSR count). The van der Waals surface area contributed by atoms with Gasteiger partial charge in [-0.15, -0.1) is 0 Å². The molecule has 0 amide bonds. The maximum atomic E-state index is 3.46. The van der Waals surface area contributed by atoms with Gasteiger partial charge in [0.1, 0.15) is 8.53 Å². The first-order valence-corrected chi connectivity index (χ1v) is 31.9. The Bertz CT molecular complexity index is 1920. The van der Waals surface area contributed by atoms with Crippen LogP contribution in [0.5, 0.6) is 0 Å². The van der Waals surface area contributed by atoms with Gasteiger partial charge in [0.25, 0.3) is 0 Å². The van der Waals surface area contributed by atoms with Crippen LogP contribution in [0.3, 0.4) is 0 Å². The fraction of sp³-hybridized carbons (Fsp3) is 0.0400. The molecule has 0 nitrogen and oxygen atoms in total. The summed E-state index contributed by atoms with van der Waals surface area (Å²) in [5, 5.41) is 11.7. The molecule has 1 aliphatic rings. The quantitative estimate of drug-likeness (QED) is 0.107. The van der Waals surface area contributed by atoms with Crippen LogP contribution in [0.2, 0.25) is 0 Å². The van der Waals surface area contributed by atoms with Gasteiger partial charge >= 0.3 is 0 Å². The average Bonchev–Trinajstić information content (AvgIpc) is 4.11. The largest absolute Gasteiger partial charge is 0.247 e. The number of benzene rings is 8. The number of rotatable bonds is 12. The third-order valence-electron chi connectivity index (χ3n) is 9.29. The van der Waals surface area contributed by atoms with Gasteiger partial charge < -0.3 is 0 Å². The second kappa shape index (κ2) is 25.3. The molecule has 0 atom stereocenters. The summed E-state index contributed by atoms with van der Waals surface area (Å²) in [5.41, 5.74) is 0. The van der Waals surface area contributed by atoms with Gasteiger partial charge in [-0.2, -0.15) is 0 Å². The first-order valence-electron chi connectivity index (χ1n) is 19.2. The van der Waals surface area contributed by atoms with Gasteiger partial charge in [0.05, 0.1) is 0 Å². The summed E-state index contributed by atoms with van der Waals surface area (Å²) in [7, 11) is 5.06. The van der Waals surface area contributed by atoms with Crippen molar-refractivity contribution in [3.8, 4) is 0 Å². The molecule has 0 unspecified atom stereocenters. The monoisotopic (exact) mass is 1090 g/mol. The van der Waals surface area contributed by atoms with Crippen molar-refractivity contribution in [1.29, 1.82) is 0 Å². The van der Waals surface area contributed by atoms with E-state index in [0.717, 1.165) is 0 Å². The minimum atomic E-state index is -0.409. The Morgan fingerprint density at radius 1 is 0.271 bits per heavy atom. The third-order valence-corrected chi connectivity index (χ3v) is 30.7. The molecule has 8 aromatic carbocycles. The van der Waals surface area contributed by atoms with Gasteiger partial charge in [0.15, 0.2) is 0 Å². The summed E-state index contributed by atoms with van der Waals surface area (Å²) in [6.45, 7) is 0.380. The molecule has 0 aliphatic carbocycles. The summed E-state index contributed by atoms with van der Waals surface area (Å²) >= 11 is 0. The van der Waals surface area contributed by atoms with Crippen molar-refractivity contribution in [3.05, 3.63) is 243 Å². The Morgan fingerprint density at radius 2 is 0.390 bits per heavy atom. The van der Waals surface area contributed by atoms with Crippen molar-refractivity contribution in [2.24, 2.45) is 0 Å². The van der Waals surface area contributed by atoms with E-state index in [1.54, 1.807) is 15.1 Å². The molecular weight excluding hydrogens is 1040 g/mol. The van der Waals surface area contributed by atoms with E-state index in [0.29, 0.717) is 6.59 Å². The van der Waals surface area contributed by atoms with Gasteiger partial charge in [-0.05, 0) is 74.1 Å². The van der Waals surface area contributed by atoms with Crippen LogP contribution in [0, 0.1) is 0 Å². The zero-order chi connectivity index (χ0) is 39.6. The van der Waals surface area contributed by atoms with E-state index < -0.39 is 31.7 Å². The summed E-state index contributed by atoms with van der Waals surface area (Å²) < 4.78 is 0. The Labute approximate surface area is 376 Å².